The van der Waals surface area contributed by atoms with Gasteiger partial charge in [-0.05, 0) is 83.0 Å². The van der Waals surface area contributed by atoms with E-state index in [0.29, 0.717) is 0 Å². The van der Waals surface area contributed by atoms with Gasteiger partial charge in [-0.1, -0.05) is 181 Å². The SMILES string of the molecule is C(#Cc1cc2[nH]c1c(-c1ccccc1)c1nc(c(-c3ccccc3)c3nc(c(-c4ccccc4)c4cc(C#Cc5ccccc5)c([nH]4)c2-c2ccccc2)C=C3)C=C1)c1ccccc1. The van der Waals surface area contributed by atoms with E-state index >= 15 is 0 Å². The number of aromatic amines is 2. The molecule has 0 saturated heterocycles. The molecule has 8 bridgehead atoms. The van der Waals surface area contributed by atoms with Gasteiger partial charge in [-0.25, -0.2) is 9.97 Å². The Morgan fingerprint density at radius 2 is 0.609 bits per heavy atom. The second-order valence-corrected chi connectivity index (χ2v) is 15.6. The van der Waals surface area contributed by atoms with Crippen LogP contribution in [-0.4, -0.2) is 19.9 Å². The van der Waals surface area contributed by atoms with Crippen LogP contribution in [0, 0.1) is 23.7 Å². The van der Waals surface area contributed by atoms with Gasteiger partial charge in [-0.2, -0.15) is 0 Å². The number of hydrogen-bond donors (Lipinski definition) is 2. The molecule has 2 aliphatic heterocycles. The first-order valence-corrected chi connectivity index (χ1v) is 21.3. The van der Waals surface area contributed by atoms with Crippen LogP contribution in [0.2, 0.25) is 0 Å². The molecule has 2 aliphatic rings. The Kier molecular flexibility index (Phi) is 9.99. The molecule has 0 fully saturated rings. The quantitative estimate of drug-likeness (QED) is 0.174. The number of nitrogens with one attached hydrogen (secondary N) is 2. The second-order valence-electron chi connectivity index (χ2n) is 15.6. The summed E-state index contributed by atoms with van der Waals surface area (Å²) >= 11 is 0. The summed E-state index contributed by atoms with van der Waals surface area (Å²) in [6.45, 7) is 0. The minimum absolute atomic E-state index is 0.819. The summed E-state index contributed by atoms with van der Waals surface area (Å²) in [5, 5.41) is 0. The van der Waals surface area contributed by atoms with E-state index in [1.54, 1.807) is 0 Å². The highest BCUT2D eigenvalue weighted by Gasteiger charge is 2.21. The minimum atomic E-state index is 0.819. The summed E-state index contributed by atoms with van der Waals surface area (Å²) in [7, 11) is 0. The summed E-state index contributed by atoms with van der Waals surface area (Å²) < 4.78 is 0. The van der Waals surface area contributed by atoms with Crippen LogP contribution in [0.25, 0.3) is 90.9 Å². The topological polar surface area (TPSA) is 57.4 Å². The van der Waals surface area contributed by atoms with Gasteiger partial charge in [0.1, 0.15) is 0 Å². The monoisotopic (exact) mass is 814 g/mol. The van der Waals surface area contributed by atoms with Gasteiger partial charge in [0.25, 0.3) is 0 Å². The van der Waals surface area contributed by atoms with Crippen LogP contribution in [0.1, 0.15) is 45.0 Å². The molecule has 2 N–H and O–H groups in total. The van der Waals surface area contributed by atoms with Crippen LogP contribution < -0.4 is 0 Å². The smallest absolute Gasteiger partial charge is 0.0738 e. The van der Waals surface area contributed by atoms with Crippen LogP contribution in [0.15, 0.2) is 194 Å². The van der Waals surface area contributed by atoms with Gasteiger partial charge in [-0.3, -0.25) is 0 Å². The predicted molar refractivity (Wildman–Crippen MR) is 265 cm³/mol. The van der Waals surface area contributed by atoms with Crippen molar-refractivity contribution >= 4 is 46.4 Å². The molecule has 3 aromatic heterocycles. The molecule has 0 unspecified atom stereocenters. The van der Waals surface area contributed by atoms with Gasteiger partial charge < -0.3 is 9.97 Å². The van der Waals surface area contributed by atoms with E-state index in [1.807, 2.05) is 84.9 Å². The predicted octanol–water partition coefficient (Wildman–Crippen LogP) is 14.1. The first-order valence-electron chi connectivity index (χ1n) is 21.3. The fourth-order valence-corrected chi connectivity index (χ4v) is 8.52. The van der Waals surface area contributed by atoms with Gasteiger partial charge >= 0.3 is 0 Å². The van der Waals surface area contributed by atoms with Crippen molar-refractivity contribution in [3.8, 4) is 68.2 Å². The van der Waals surface area contributed by atoms with E-state index in [1.165, 1.54) is 0 Å². The molecule has 4 nitrogen and oxygen atoms in total. The fourth-order valence-electron chi connectivity index (χ4n) is 8.52. The van der Waals surface area contributed by atoms with Crippen molar-refractivity contribution in [2.24, 2.45) is 0 Å². The number of aromatic nitrogens is 4. The average Bonchev–Trinajstić information content (AvgIpc) is 4.19. The van der Waals surface area contributed by atoms with Crippen molar-refractivity contribution in [2.75, 3.05) is 0 Å². The van der Waals surface area contributed by atoms with E-state index in [0.717, 1.165) is 112 Å². The highest BCUT2D eigenvalue weighted by Crippen LogP contribution is 2.40. The van der Waals surface area contributed by atoms with Gasteiger partial charge in [0.2, 0.25) is 0 Å². The van der Waals surface area contributed by atoms with Crippen molar-refractivity contribution in [1.29, 1.82) is 0 Å². The first kappa shape index (κ1) is 38.0. The minimum Gasteiger partial charge on any atom is -0.353 e. The molecule has 4 heteroatoms. The van der Waals surface area contributed by atoms with Crippen LogP contribution in [0.3, 0.4) is 0 Å². The van der Waals surface area contributed by atoms with Crippen LogP contribution in [0.5, 0.6) is 0 Å². The molecule has 5 heterocycles. The Bertz CT molecular complexity index is 3560. The Hall–Kier alpha value is -8.96. The highest BCUT2D eigenvalue weighted by molar-refractivity contribution is 6.03. The Morgan fingerprint density at radius 1 is 0.297 bits per heavy atom. The molecule has 9 aromatic rings. The summed E-state index contributed by atoms with van der Waals surface area (Å²) in [6.07, 6.45) is 8.47. The molecular weight excluding hydrogens is 777 g/mol. The lowest BCUT2D eigenvalue weighted by Gasteiger charge is -2.07. The normalized spacial score (nSPS) is 11.4. The summed E-state index contributed by atoms with van der Waals surface area (Å²) in [5.74, 6) is 14.2. The Labute approximate surface area is 372 Å². The van der Waals surface area contributed by atoms with E-state index in [-0.39, 0.29) is 0 Å². The van der Waals surface area contributed by atoms with Crippen molar-refractivity contribution < 1.29 is 0 Å². The fraction of sp³-hybridized carbons (Fsp3) is 0. The number of fused-ring (bicyclic) bond motifs is 8. The maximum Gasteiger partial charge on any atom is 0.0738 e. The highest BCUT2D eigenvalue weighted by atomic mass is 14.8. The zero-order valence-electron chi connectivity index (χ0n) is 34.7. The number of benzene rings is 6. The lowest BCUT2D eigenvalue weighted by Crippen LogP contribution is -1.91. The molecule has 0 saturated carbocycles. The molecule has 298 valence electrons. The van der Waals surface area contributed by atoms with Crippen molar-refractivity contribution in [1.82, 2.24) is 19.9 Å². The number of rotatable bonds is 4. The van der Waals surface area contributed by atoms with Gasteiger partial charge in [0, 0.05) is 44.4 Å². The van der Waals surface area contributed by atoms with Gasteiger partial charge in [0.05, 0.1) is 44.9 Å². The van der Waals surface area contributed by atoms with Crippen molar-refractivity contribution in [3.63, 3.8) is 0 Å². The van der Waals surface area contributed by atoms with E-state index in [4.69, 9.17) is 9.97 Å². The van der Waals surface area contributed by atoms with Crippen LogP contribution >= 0.6 is 0 Å². The summed E-state index contributed by atoms with van der Waals surface area (Å²) in [6, 6.07) is 66.5. The van der Waals surface area contributed by atoms with E-state index in [9.17, 15) is 0 Å². The van der Waals surface area contributed by atoms with E-state index < -0.39 is 0 Å². The van der Waals surface area contributed by atoms with E-state index in [2.05, 4.69) is 167 Å². The van der Waals surface area contributed by atoms with Crippen molar-refractivity contribution in [3.05, 3.63) is 239 Å². The molecule has 0 radical (unpaired) electrons. The number of nitrogens with zero attached hydrogens (tertiary/aromatic N) is 2. The van der Waals surface area contributed by atoms with Crippen LogP contribution in [-0.2, 0) is 0 Å². The summed E-state index contributed by atoms with van der Waals surface area (Å²) in [4.78, 5) is 18.9. The molecule has 6 aromatic carbocycles. The zero-order valence-corrected chi connectivity index (χ0v) is 34.7. The number of H-pyrrole nitrogens is 2. The van der Waals surface area contributed by atoms with Gasteiger partial charge in [-0.15, -0.1) is 0 Å². The summed E-state index contributed by atoms with van der Waals surface area (Å²) in [5.41, 5.74) is 18.3. The Balaban J connectivity index is 1.38. The molecular formula is C60H38N4. The third kappa shape index (κ3) is 7.43. The third-order valence-corrected chi connectivity index (χ3v) is 11.5. The molecule has 0 atom stereocenters. The largest absolute Gasteiger partial charge is 0.353 e. The number of hydrogen-bond acceptors (Lipinski definition) is 2. The molecule has 11 rings (SSSR count). The lowest BCUT2D eigenvalue weighted by atomic mass is 10.0. The second kappa shape index (κ2) is 16.8. The molecule has 0 amide bonds. The standard InChI is InChI=1S/C60H38N4/c1-7-19-41(20-8-1)31-33-47-39-53-56(44-25-13-4-14-26-44)51-36-35-49(61-51)55(43-23-11-3-12-24-43)50-37-38-52(62-50)57(45-27-15-5-16-28-45)59-48(34-32-42-21-9-2-10-22-42)40-54(64-59)58(60(47)63-53)46-29-17-6-18-30-46/h1-30,35-40,63-64H. The van der Waals surface area contributed by atoms with Gasteiger partial charge in [0.15, 0.2) is 0 Å². The molecule has 0 aliphatic carbocycles. The lowest BCUT2D eigenvalue weighted by molar-refractivity contribution is 1.28. The average molecular weight is 815 g/mol. The molecule has 0 spiro atoms. The maximum atomic E-state index is 5.49. The first-order chi connectivity index (χ1) is 31.7. The Morgan fingerprint density at radius 3 is 1.05 bits per heavy atom. The zero-order chi connectivity index (χ0) is 42.7. The molecule has 64 heavy (non-hydrogen) atoms. The van der Waals surface area contributed by atoms with Crippen LogP contribution in [0.4, 0.5) is 0 Å². The maximum absolute atomic E-state index is 5.49. The van der Waals surface area contributed by atoms with Crippen molar-refractivity contribution in [2.45, 2.75) is 0 Å². The third-order valence-electron chi connectivity index (χ3n) is 11.5.